The lowest BCUT2D eigenvalue weighted by molar-refractivity contribution is -0.390. The Morgan fingerprint density at radius 2 is 2.00 bits per heavy atom. The Morgan fingerprint density at radius 1 is 1.29 bits per heavy atom. The van der Waals surface area contributed by atoms with E-state index in [1.807, 2.05) is 0 Å². The number of pyridine rings is 1. The van der Waals surface area contributed by atoms with Crippen molar-refractivity contribution in [3.05, 3.63) is 22.4 Å². The van der Waals surface area contributed by atoms with Crippen molar-refractivity contribution in [2.24, 2.45) is 0 Å². The molecule has 1 aromatic heterocycles. The first kappa shape index (κ1) is 16.9. The van der Waals surface area contributed by atoms with Crippen molar-refractivity contribution in [1.29, 1.82) is 0 Å². The fourth-order valence-electron chi connectivity index (χ4n) is 3.38. The van der Waals surface area contributed by atoms with Gasteiger partial charge in [0, 0.05) is 25.7 Å². The topological polar surface area (TPSA) is 92.0 Å². The third kappa shape index (κ3) is 4.12. The fraction of sp³-hybridized carbons (Fsp3) is 0.688. The van der Waals surface area contributed by atoms with E-state index < -0.39 is 10.7 Å². The standard InChI is InChI=1S/C16H24N4O4/c21-15-11-13(12-17-16(15)20(22)23)19-7-3-14(4-8-19)24-10-9-18-5-1-2-6-18/h11-12,14,21H,1-10H2. The minimum absolute atomic E-state index is 0.267. The molecule has 2 aliphatic rings. The highest BCUT2D eigenvalue weighted by Gasteiger charge is 2.23. The van der Waals surface area contributed by atoms with E-state index in [0.29, 0.717) is 5.69 Å². The van der Waals surface area contributed by atoms with Gasteiger partial charge in [0.25, 0.3) is 0 Å². The highest BCUT2D eigenvalue weighted by Crippen LogP contribution is 2.29. The van der Waals surface area contributed by atoms with Gasteiger partial charge in [-0.2, -0.15) is 0 Å². The highest BCUT2D eigenvalue weighted by atomic mass is 16.6. The smallest absolute Gasteiger partial charge is 0.406 e. The number of ether oxygens (including phenoxy) is 1. The van der Waals surface area contributed by atoms with Crippen LogP contribution in [0.3, 0.4) is 0 Å². The lowest BCUT2D eigenvalue weighted by atomic mass is 10.1. The van der Waals surface area contributed by atoms with Crippen molar-refractivity contribution in [1.82, 2.24) is 9.88 Å². The van der Waals surface area contributed by atoms with Crippen LogP contribution in [0.4, 0.5) is 11.5 Å². The molecule has 2 aliphatic heterocycles. The number of hydrogen-bond acceptors (Lipinski definition) is 7. The first-order valence-corrected chi connectivity index (χ1v) is 8.56. The predicted octanol–water partition coefficient (Wildman–Crippen LogP) is 1.78. The Hall–Kier alpha value is -1.93. The van der Waals surface area contributed by atoms with Gasteiger partial charge >= 0.3 is 5.82 Å². The van der Waals surface area contributed by atoms with Gasteiger partial charge in [-0.05, 0) is 48.7 Å². The summed E-state index contributed by atoms with van der Waals surface area (Å²) in [4.78, 5) is 18.3. The molecule has 1 N–H and O–H groups in total. The van der Waals surface area contributed by atoms with Gasteiger partial charge in [0.2, 0.25) is 5.75 Å². The van der Waals surface area contributed by atoms with Crippen molar-refractivity contribution < 1.29 is 14.8 Å². The van der Waals surface area contributed by atoms with Gasteiger partial charge in [0.1, 0.15) is 0 Å². The van der Waals surface area contributed by atoms with Crippen molar-refractivity contribution >= 4 is 11.5 Å². The quantitative estimate of drug-likeness (QED) is 0.625. The summed E-state index contributed by atoms with van der Waals surface area (Å²) < 4.78 is 5.98. The maximum absolute atomic E-state index is 10.7. The maximum Gasteiger partial charge on any atom is 0.406 e. The zero-order valence-electron chi connectivity index (χ0n) is 13.8. The van der Waals surface area contributed by atoms with Gasteiger partial charge in [-0.3, -0.25) is 0 Å². The molecule has 0 unspecified atom stereocenters. The zero-order chi connectivity index (χ0) is 16.9. The predicted molar refractivity (Wildman–Crippen MR) is 89.4 cm³/mol. The van der Waals surface area contributed by atoms with E-state index >= 15 is 0 Å². The second-order valence-electron chi connectivity index (χ2n) is 6.40. The number of nitrogens with zero attached hydrogens (tertiary/aromatic N) is 4. The van der Waals surface area contributed by atoms with Crippen LogP contribution < -0.4 is 4.90 Å². The van der Waals surface area contributed by atoms with Gasteiger partial charge in [0.05, 0.1) is 18.4 Å². The molecule has 8 nitrogen and oxygen atoms in total. The number of piperidine rings is 1. The Labute approximate surface area is 141 Å². The molecule has 3 heterocycles. The molecule has 2 saturated heterocycles. The summed E-state index contributed by atoms with van der Waals surface area (Å²) in [7, 11) is 0. The number of hydrogen-bond donors (Lipinski definition) is 1. The summed E-state index contributed by atoms with van der Waals surface area (Å²) >= 11 is 0. The second-order valence-corrected chi connectivity index (χ2v) is 6.40. The molecular formula is C16H24N4O4. The van der Waals surface area contributed by atoms with Crippen molar-refractivity contribution in [2.75, 3.05) is 44.2 Å². The highest BCUT2D eigenvalue weighted by molar-refractivity contribution is 5.54. The second kappa shape index (κ2) is 7.76. The number of anilines is 1. The fourth-order valence-corrected chi connectivity index (χ4v) is 3.38. The monoisotopic (exact) mass is 336 g/mol. The molecule has 24 heavy (non-hydrogen) atoms. The summed E-state index contributed by atoms with van der Waals surface area (Å²) in [6, 6.07) is 1.42. The average Bonchev–Trinajstić information content (AvgIpc) is 3.08. The summed E-state index contributed by atoms with van der Waals surface area (Å²) in [5.41, 5.74) is 0.716. The first-order valence-electron chi connectivity index (χ1n) is 8.56. The van der Waals surface area contributed by atoms with Gasteiger partial charge in [-0.15, -0.1) is 0 Å². The van der Waals surface area contributed by atoms with Gasteiger partial charge in [-0.25, -0.2) is 0 Å². The van der Waals surface area contributed by atoms with Crippen molar-refractivity contribution in [2.45, 2.75) is 31.8 Å². The molecule has 0 amide bonds. The number of aromatic nitrogens is 1. The lowest BCUT2D eigenvalue weighted by Crippen LogP contribution is -2.38. The van der Waals surface area contributed by atoms with Crippen LogP contribution >= 0.6 is 0 Å². The third-order valence-electron chi connectivity index (χ3n) is 4.77. The molecule has 0 radical (unpaired) electrons. The van der Waals surface area contributed by atoms with Crippen LogP contribution in [0.5, 0.6) is 5.75 Å². The molecule has 1 aromatic rings. The molecule has 0 aliphatic carbocycles. The number of rotatable bonds is 6. The Kier molecular flexibility index (Phi) is 5.47. The average molecular weight is 336 g/mol. The minimum atomic E-state index is -0.681. The van der Waals surface area contributed by atoms with Crippen LogP contribution in [-0.2, 0) is 4.74 Å². The van der Waals surface area contributed by atoms with Crippen molar-refractivity contribution in [3.63, 3.8) is 0 Å². The van der Waals surface area contributed by atoms with E-state index in [1.54, 1.807) is 0 Å². The maximum atomic E-state index is 10.7. The van der Waals surface area contributed by atoms with Crippen LogP contribution in [0.2, 0.25) is 0 Å². The van der Waals surface area contributed by atoms with E-state index in [4.69, 9.17) is 4.74 Å². The van der Waals surface area contributed by atoms with Crippen LogP contribution in [0.15, 0.2) is 12.3 Å². The van der Waals surface area contributed by atoms with E-state index in [-0.39, 0.29) is 11.9 Å². The number of likely N-dealkylation sites (tertiary alicyclic amines) is 1. The van der Waals surface area contributed by atoms with Gasteiger partial charge < -0.3 is 29.8 Å². The van der Waals surface area contributed by atoms with E-state index in [2.05, 4.69) is 14.8 Å². The molecule has 0 atom stereocenters. The summed E-state index contributed by atoms with van der Waals surface area (Å²) in [5, 5.41) is 20.4. The molecule has 132 valence electrons. The van der Waals surface area contributed by atoms with Gasteiger partial charge in [0.15, 0.2) is 6.20 Å². The van der Waals surface area contributed by atoms with E-state index in [0.717, 1.165) is 39.1 Å². The molecule has 2 fully saturated rings. The molecule has 0 saturated carbocycles. The Balaban J connectivity index is 1.44. The Morgan fingerprint density at radius 3 is 2.62 bits per heavy atom. The molecule has 3 rings (SSSR count). The van der Waals surface area contributed by atoms with E-state index in [1.165, 1.54) is 38.2 Å². The third-order valence-corrected chi connectivity index (χ3v) is 4.77. The molecule has 0 bridgehead atoms. The normalized spacial score (nSPS) is 19.8. The molecule has 8 heteroatoms. The summed E-state index contributed by atoms with van der Waals surface area (Å²) in [6.45, 7) is 5.78. The SMILES string of the molecule is O=[N+]([O-])c1ncc(N2CCC(OCCN3CCCC3)CC2)cc1O. The zero-order valence-corrected chi connectivity index (χ0v) is 13.8. The van der Waals surface area contributed by atoms with Crippen LogP contribution in [0.25, 0.3) is 0 Å². The molecule has 0 aromatic carbocycles. The van der Waals surface area contributed by atoms with Crippen LogP contribution in [0, 0.1) is 10.1 Å². The van der Waals surface area contributed by atoms with Crippen molar-refractivity contribution in [3.8, 4) is 5.75 Å². The first-order chi connectivity index (χ1) is 11.6. The van der Waals surface area contributed by atoms with Crippen LogP contribution in [-0.4, -0.2) is 65.3 Å². The van der Waals surface area contributed by atoms with Crippen LogP contribution in [0.1, 0.15) is 25.7 Å². The van der Waals surface area contributed by atoms with Gasteiger partial charge in [-0.1, -0.05) is 0 Å². The minimum Gasteiger partial charge on any atom is -0.501 e. The summed E-state index contributed by atoms with van der Waals surface area (Å²) in [5.74, 6) is -0.889. The van der Waals surface area contributed by atoms with E-state index in [9.17, 15) is 15.2 Å². The Bertz CT molecular complexity index is 569. The lowest BCUT2D eigenvalue weighted by Gasteiger charge is -2.33. The number of aromatic hydroxyl groups is 1. The summed E-state index contributed by atoms with van der Waals surface area (Å²) in [6.07, 6.45) is 6.15. The molecule has 0 spiro atoms. The molecular weight excluding hydrogens is 312 g/mol. The largest absolute Gasteiger partial charge is 0.501 e. The number of nitro groups is 1.